The molecule has 0 aromatic heterocycles. The molecule has 0 radical (unpaired) electrons. The summed E-state index contributed by atoms with van der Waals surface area (Å²) < 4.78 is 12.3. The van der Waals surface area contributed by atoms with Crippen LogP contribution in [0.15, 0.2) is 103 Å². The summed E-state index contributed by atoms with van der Waals surface area (Å²) in [6, 6.07) is 30.5. The van der Waals surface area contributed by atoms with Crippen LogP contribution in [0.2, 0.25) is 0 Å². The van der Waals surface area contributed by atoms with Crippen LogP contribution in [0.4, 0.5) is 0 Å². The van der Waals surface area contributed by atoms with Crippen molar-refractivity contribution in [1.82, 2.24) is 0 Å². The van der Waals surface area contributed by atoms with E-state index in [1.807, 2.05) is 66.9 Å². The molecule has 0 amide bonds. The zero-order valence-corrected chi connectivity index (χ0v) is 18.5. The minimum absolute atomic E-state index is 0.323. The third kappa shape index (κ3) is 5.47. The second-order valence-corrected chi connectivity index (χ2v) is 8.31. The first kappa shape index (κ1) is 21.9. The van der Waals surface area contributed by atoms with Gasteiger partial charge in [-0.1, -0.05) is 97.4 Å². The number of allylic oxidation sites excluding steroid dienone is 1. The van der Waals surface area contributed by atoms with E-state index in [2.05, 4.69) is 30.3 Å². The lowest BCUT2D eigenvalue weighted by atomic mass is 9.80. The third-order valence-corrected chi connectivity index (χ3v) is 6.05. The van der Waals surface area contributed by atoms with Gasteiger partial charge in [0.2, 0.25) is 0 Å². The van der Waals surface area contributed by atoms with Crippen LogP contribution in [0.3, 0.4) is 0 Å². The van der Waals surface area contributed by atoms with Crippen molar-refractivity contribution in [3.63, 3.8) is 0 Å². The highest BCUT2D eigenvalue weighted by Crippen LogP contribution is 2.40. The van der Waals surface area contributed by atoms with E-state index in [1.54, 1.807) is 0 Å². The fraction of sp³-hybridized carbons (Fsp3) is 0.276. The maximum absolute atomic E-state index is 12.0. The van der Waals surface area contributed by atoms with E-state index in [0.717, 1.165) is 24.0 Å². The van der Waals surface area contributed by atoms with Crippen LogP contribution in [-0.4, -0.2) is 5.97 Å². The standard InChI is InChI=1S/C29H30O3/c1-22(30)32-29(25-17-9-4-10-18-25)28(24-15-7-3-8-16-24)31-21-26-19-11-12-20-27(26)23-13-5-2-6-14-23/h2-10,13-18,21,27-29H,11-12,19-20H2,1H3/b26-21+/t27-,28-,29-/m1/s1. The molecule has 3 atom stereocenters. The minimum atomic E-state index is -0.535. The summed E-state index contributed by atoms with van der Waals surface area (Å²) >= 11 is 0. The first-order valence-corrected chi connectivity index (χ1v) is 11.4. The Hall–Kier alpha value is -3.33. The van der Waals surface area contributed by atoms with Gasteiger partial charge in [-0.15, -0.1) is 0 Å². The van der Waals surface area contributed by atoms with E-state index in [-0.39, 0.29) is 5.97 Å². The van der Waals surface area contributed by atoms with Crippen LogP contribution in [0.1, 0.15) is 67.4 Å². The van der Waals surface area contributed by atoms with Crippen molar-refractivity contribution >= 4 is 5.97 Å². The highest BCUT2D eigenvalue weighted by Gasteiger charge is 2.30. The Balaban J connectivity index is 1.68. The Morgan fingerprint density at radius 2 is 1.38 bits per heavy atom. The van der Waals surface area contributed by atoms with Crippen LogP contribution >= 0.6 is 0 Å². The molecule has 1 fully saturated rings. The van der Waals surface area contributed by atoms with Crippen molar-refractivity contribution in [3.05, 3.63) is 120 Å². The molecule has 32 heavy (non-hydrogen) atoms. The van der Waals surface area contributed by atoms with Gasteiger partial charge in [-0.05, 0) is 41.5 Å². The van der Waals surface area contributed by atoms with Gasteiger partial charge in [0.15, 0.2) is 12.2 Å². The molecule has 0 spiro atoms. The molecule has 1 saturated carbocycles. The first-order chi connectivity index (χ1) is 15.7. The normalized spacial score (nSPS) is 19.2. The summed E-state index contributed by atoms with van der Waals surface area (Å²) in [6.45, 7) is 1.45. The Kier molecular flexibility index (Phi) is 7.39. The summed E-state index contributed by atoms with van der Waals surface area (Å²) in [7, 11) is 0. The molecule has 164 valence electrons. The summed E-state index contributed by atoms with van der Waals surface area (Å²) in [5, 5.41) is 0. The monoisotopic (exact) mass is 426 g/mol. The van der Waals surface area contributed by atoms with Gasteiger partial charge in [0, 0.05) is 12.8 Å². The molecule has 0 saturated heterocycles. The molecular weight excluding hydrogens is 396 g/mol. The van der Waals surface area contributed by atoms with Crippen molar-refractivity contribution in [2.75, 3.05) is 0 Å². The lowest BCUT2D eigenvalue weighted by Gasteiger charge is -2.30. The van der Waals surface area contributed by atoms with Gasteiger partial charge in [0.1, 0.15) is 0 Å². The van der Waals surface area contributed by atoms with Crippen LogP contribution in [-0.2, 0) is 14.3 Å². The van der Waals surface area contributed by atoms with Gasteiger partial charge in [-0.2, -0.15) is 0 Å². The van der Waals surface area contributed by atoms with Crippen molar-refractivity contribution in [1.29, 1.82) is 0 Å². The molecule has 3 nitrogen and oxygen atoms in total. The zero-order chi connectivity index (χ0) is 22.2. The van der Waals surface area contributed by atoms with Gasteiger partial charge in [0.25, 0.3) is 0 Å². The molecule has 1 aliphatic carbocycles. The second kappa shape index (κ2) is 10.8. The smallest absolute Gasteiger partial charge is 0.303 e. The van der Waals surface area contributed by atoms with Gasteiger partial charge < -0.3 is 9.47 Å². The zero-order valence-electron chi connectivity index (χ0n) is 18.5. The number of rotatable bonds is 7. The highest BCUT2D eigenvalue weighted by molar-refractivity contribution is 5.66. The number of carbonyl (C=O) groups excluding carboxylic acids is 1. The van der Waals surface area contributed by atoms with Gasteiger partial charge in [0.05, 0.1) is 6.26 Å². The van der Waals surface area contributed by atoms with Crippen LogP contribution in [0.25, 0.3) is 0 Å². The van der Waals surface area contributed by atoms with Crippen molar-refractivity contribution < 1.29 is 14.3 Å². The maximum atomic E-state index is 12.0. The van der Waals surface area contributed by atoms with Crippen LogP contribution in [0.5, 0.6) is 0 Å². The molecule has 0 bridgehead atoms. The van der Waals surface area contributed by atoms with Crippen molar-refractivity contribution in [3.8, 4) is 0 Å². The summed E-state index contributed by atoms with van der Waals surface area (Å²) in [5.41, 5.74) is 4.53. The van der Waals surface area contributed by atoms with E-state index in [4.69, 9.17) is 9.47 Å². The number of esters is 1. The largest absolute Gasteiger partial charge is 0.489 e. The fourth-order valence-electron chi connectivity index (χ4n) is 4.50. The molecule has 4 rings (SSSR count). The Morgan fingerprint density at radius 3 is 1.97 bits per heavy atom. The SMILES string of the molecule is CC(=O)O[C@H](c1ccccc1)[C@H](O/C=C1\CCCC[C@@H]1c1ccccc1)c1ccccc1. The molecular formula is C29H30O3. The second-order valence-electron chi connectivity index (χ2n) is 8.31. The van der Waals surface area contributed by atoms with Gasteiger partial charge in [-0.3, -0.25) is 4.79 Å². The summed E-state index contributed by atoms with van der Waals surface area (Å²) in [6.07, 6.45) is 5.50. The van der Waals surface area contributed by atoms with E-state index in [1.165, 1.54) is 30.9 Å². The molecule has 3 aromatic carbocycles. The molecule has 3 heteroatoms. The molecule has 0 N–H and O–H groups in total. The predicted molar refractivity (Wildman–Crippen MR) is 127 cm³/mol. The molecule has 0 aliphatic heterocycles. The molecule has 1 aliphatic rings. The lowest BCUT2D eigenvalue weighted by molar-refractivity contribution is -0.153. The molecule has 3 aromatic rings. The van der Waals surface area contributed by atoms with E-state index in [9.17, 15) is 4.79 Å². The van der Waals surface area contributed by atoms with Gasteiger partial charge >= 0.3 is 5.97 Å². The number of benzene rings is 3. The Bertz CT molecular complexity index is 1010. The van der Waals surface area contributed by atoms with E-state index in [0.29, 0.717) is 5.92 Å². The fourth-order valence-corrected chi connectivity index (χ4v) is 4.50. The number of hydrogen-bond acceptors (Lipinski definition) is 3. The molecule has 0 heterocycles. The van der Waals surface area contributed by atoms with E-state index < -0.39 is 12.2 Å². The molecule has 0 unspecified atom stereocenters. The van der Waals surface area contributed by atoms with Crippen molar-refractivity contribution in [2.24, 2.45) is 0 Å². The average Bonchev–Trinajstić information content (AvgIpc) is 2.85. The highest BCUT2D eigenvalue weighted by atomic mass is 16.6. The average molecular weight is 427 g/mol. The Morgan fingerprint density at radius 1 is 0.812 bits per heavy atom. The lowest BCUT2D eigenvalue weighted by Crippen LogP contribution is -2.19. The summed E-state index contributed by atoms with van der Waals surface area (Å²) in [5.74, 6) is 0.0427. The van der Waals surface area contributed by atoms with Crippen LogP contribution < -0.4 is 0 Å². The first-order valence-electron chi connectivity index (χ1n) is 11.4. The van der Waals surface area contributed by atoms with Crippen molar-refractivity contribution in [2.45, 2.75) is 50.7 Å². The number of hydrogen-bond donors (Lipinski definition) is 0. The Labute approximate surface area is 190 Å². The summed E-state index contributed by atoms with van der Waals surface area (Å²) in [4.78, 5) is 12.0. The van der Waals surface area contributed by atoms with Crippen LogP contribution in [0, 0.1) is 0 Å². The number of carbonyl (C=O) groups is 1. The minimum Gasteiger partial charge on any atom is -0.489 e. The maximum Gasteiger partial charge on any atom is 0.303 e. The number of ether oxygens (including phenoxy) is 2. The van der Waals surface area contributed by atoms with Gasteiger partial charge in [-0.25, -0.2) is 0 Å². The predicted octanol–water partition coefficient (Wildman–Crippen LogP) is 7.29. The topological polar surface area (TPSA) is 35.5 Å². The van der Waals surface area contributed by atoms with E-state index >= 15 is 0 Å². The third-order valence-electron chi connectivity index (χ3n) is 6.05. The quantitative estimate of drug-likeness (QED) is 0.294.